The van der Waals surface area contributed by atoms with Gasteiger partial charge < -0.3 is 19.9 Å². The molecule has 156 valence electrons. The Morgan fingerprint density at radius 2 is 2.04 bits per heavy atom. The van der Waals surface area contributed by atoms with Gasteiger partial charge in [-0.05, 0) is 24.6 Å². The first-order valence-electron chi connectivity index (χ1n) is 8.95. The highest BCUT2D eigenvalue weighted by Crippen LogP contribution is 2.22. The maximum atomic E-state index is 13.6. The van der Waals surface area contributed by atoms with Crippen molar-refractivity contribution < 1.29 is 9.13 Å². The van der Waals surface area contributed by atoms with Gasteiger partial charge in [-0.3, -0.25) is 0 Å². The van der Waals surface area contributed by atoms with Crippen LogP contribution in [0.25, 0.3) is 0 Å². The molecule has 2 aromatic rings. The minimum Gasteiger partial charge on any atom is -0.383 e. The van der Waals surface area contributed by atoms with E-state index in [0.717, 1.165) is 17.2 Å². The number of benzene rings is 1. The van der Waals surface area contributed by atoms with Crippen molar-refractivity contribution in [3.63, 3.8) is 0 Å². The topological polar surface area (TPSA) is 76.4 Å². The molecule has 1 aromatic heterocycles. The number of aryl methyl sites for hydroxylation is 1. The number of aliphatic imine (C=N–C) groups is 1. The highest BCUT2D eigenvalue weighted by atomic mass is 127. The van der Waals surface area contributed by atoms with Crippen molar-refractivity contribution >= 4 is 29.9 Å². The number of hydrogen-bond acceptors (Lipinski definition) is 4. The standard InChI is InChI=1S/C19H29FN6O.HI/c1-14-24-25-17(26(14)4)12-22-18(21-9-10-27-5)23-13-19(2,3)15-7-6-8-16(20)11-15;/h6-8,11H,9-10,12-13H2,1-5H3,(H2,21,22,23);1H. The average Bonchev–Trinajstić information content (AvgIpc) is 2.95. The van der Waals surface area contributed by atoms with Crippen LogP contribution in [0.5, 0.6) is 0 Å². The third-order valence-corrected chi connectivity index (χ3v) is 4.46. The quantitative estimate of drug-likeness (QED) is 0.250. The first-order valence-corrected chi connectivity index (χ1v) is 8.95. The van der Waals surface area contributed by atoms with Gasteiger partial charge in [-0.15, -0.1) is 34.2 Å². The summed E-state index contributed by atoms with van der Waals surface area (Å²) in [4.78, 5) is 4.60. The van der Waals surface area contributed by atoms with Gasteiger partial charge in [0, 0.05) is 32.7 Å². The molecule has 0 spiro atoms. The summed E-state index contributed by atoms with van der Waals surface area (Å²) in [5, 5.41) is 14.8. The number of nitrogens with zero attached hydrogens (tertiary/aromatic N) is 4. The van der Waals surface area contributed by atoms with Crippen molar-refractivity contribution in [2.45, 2.75) is 32.7 Å². The Bertz CT molecular complexity index is 778. The summed E-state index contributed by atoms with van der Waals surface area (Å²) in [7, 11) is 3.57. The number of methoxy groups -OCH3 is 1. The van der Waals surface area contributed by atoms with Crippen LogP contribution in [0.1, 0.15) is 31.1 Å². The summed E-state index contributed by atoms with van der Waals surface area (Å²) in [6, 6.07) is 6.69. The molecule has 0 amide bonds. The number of nitrogens with one attached hydrogen (secondary N) is 2. The summed E-state index contributed by atoms with van der Waals surface area (Å²) < 4.78 is 20.6. The van der Waals surface area contributed by atoms with Crippen molar-refractivity contribution in [1.29, 1.82) is 0 Å². The molecule has 7 nitrogen and oxygen atoms in total. The fourth-order valence-electron chi connectivity index (χ4n) is 2.50. The molecule has 2 N–H and O–H groups in total. The van der Waals surface area contributed by atoms with E-state index in [-0.39, 0.29) is 35.2 Å². The number of rotatable bonds is 8. The molecular weight excluding hydrogens is 474 g/mol. The molecule has 2 rings (SSSR count). The van der Waals surface area contributed by atoms with Gasteiger partial charge in [0.2, 0.25) is 0 Å². The predicted molar refractivity (Wildman–Crippen MR) is 120 cm³/mol. The van der Waals surface area contributed by atoms with E-state index >= 15 is 0 Å². The number of halogens is 2. The Kier molecular flexibility index (Phi) is 9.80. The van der Waals surface area contributed by atoms with Crippen LogP contribution in [0, 0.1) is 12.7 Å². The normalized spacial score (nSPS) is 11.9. The summed E-state index contributed by atoms with van der Waals surface area (Å²) in [6.07, 6.45) is 0. The van der Waals surface area contributed by atoms with E-state index in [0.29, 0.717) is 32.2 Å². The highest BCUT2D eigenvalue weighted by molar-refractivity contribution is 14.0. The van der Waals surface area contributed by atoms with E-state index in [2.05, 4.69) is 39.7 Å². The second kappa shape index (κ2) is 11.3. The lowest BCUT2D eigenvalue weighted by Gasteiger charge is -2.27. The van der Waals surface area contributed by atoms with Crippen molar-refractivity contribution in [3.05, 3.63) is 47.3 Å². The van der Waals surface area contributed by atoms with E-state index in [1.807, 2.05) is 24.6 Å². The second-order valence-electron chi connectivity index (χ2n) is 7.05. The number of ether oxygens (including phenoxy) is 1. The molecule has 0 unspecified atom stereocenters. The van der Waals surface area contributed by atoms with Crippen LogP contribution < -0.4 is 10.6 Å². The monoisotopic (exact) mass is 504 g/mol. The van der Waals surface area contributed by atoms with Gasteiger partial charge in [0.25, 0.3) is 0 Å². The van der Waals surface area contributed by atoms with Crippen LogP contribution in [-0.4, -0.2) is 47.5 Å². The van der Waals surface area contributed by atoms with Crippen LogP contribution in [0.15, 0.2) is 29.3 Å². The number of hydrogen-bond donors (Lipinski definition) is 2. The Morgan fingerprint density at radius 3 is 2.64 bits per heavy atom. The molecule has 9 heteroatoms. The van der Waals surface area contributed by atoms with Crippen LogP contribution in [0.3, 0.4) is 0 Å². The Hall–Kier alpha value is -1.75. The first kappa shape index (κ1) is 24.3. The maximum Gasteiger partial charge on any atom is 0.191 e. The number of aromatic nitrogens is 3. The molecule has 28 heavy (non-hydrogen) atoms. The van der Waals surface area contributed by atoms with Crippen LogP contribution in [0.2, 0.25) is 0 Å². The molecule has 1 heterocycles. The van der Waals surface area contributed by atoms with Gasteiger partial charge in [-0.1, -0.05) is 26.0 Å². The SMILES string of the molecule is COCCNC(=NCc1nnc(C)n1C)NCC(C)(C)c1cccc(F)c1.I. The van der Waals surface area contributed by atoms with E-state index in [4.69, 9.17) is 4.74 Å². The zero-order chi connectivity index (χ0) is 19.9. The molecule has 0 atom stereocenters. The van der Waals surface area contributed by atoms with E-state index in [9.17, 15) is 4.39 Å². The first-order chi connectivity index (χ1) is 12.8. The van der Waals surface area contributed by atoms with Crippen LogP contribution >= 0.6 is 24.0 Å². The lowest BCUT2D eigenvalue weighted by molar-refractivity contribution is 0.203. The van der Waals surface area contributed by atoms with Crippen molar-refractivity contribution in [1.82, 2.24) is 25.4 Å². The van der Waals surface area contributed by atoms with Gasteiger partial charge in [0.05, 0.1) is 6.61 Å². The van der Waals surface area contributed by atoms with Gasteiger partial charge in [-0.25, -0.2) is 9.38 Å². The smallest absolute Gasteiger partial charge is 0.191 e. The van der Waals surface area contributed by atoms with Crippen LogP contribution in [0.4, 0.5) is 4.39 Å². The zero-order valence-electron chi connectivity index (χ0n) is 17.1. The fraction of sp³-hybridized carbons (Fsp3) is 0.526. The largest absolute Gasteiger partial charge is 0.383 e. The third kappa shape index (κ3) is 7.01. The molecule has 0 aliphatic heterocycles. The minimum absolute atomic E-state index is 0. The molecule has 0 aliphatic carbocycles. The summed E-state index contributed by atoms with van der Waals surface area (Å²) in [5.74, 6) is 2.04. The van der Waals surface area contributed by atoms with Gasteiger partial charge in [0.15, 0.2) is 11.8 Å². The Labute approximate surface area is 183 Å². The molecule has 1 aromatic carbocycles. The predicted octanol–water partition coefficient (Wildman–Crippen LogP) is 2.54. The zero-order valence-corrected chi connectivity index (χ0v) is 19.5. The van der Waals surface area contributed by atoms with Crippen molar-refractivity contribution in [2.24, 2.45) is 12.0 Å². The average molecular weight is 504 g/mol. The summed E-state index contributed by atoms with van der Waals surface area (Å²) in [6.45, 7) is 8.21. The van der Waals surface area contributed by atoms with E-state index in [1.165, 1.54) is 6.07 Å². The van der Waals surface area contributed by atoms with Gasteiger partial charge in [-0.2, -0.15) is 0 Å². The molecule has 0 saturated carbocycles. The van der Waals surface area contributed by atoms with Crippen LogP contribution in [-0.2, 0) is 23.7 Å². The number of guanidine groups is 1. The Morgan fingerprint density at radius 1 is 1.29 bits per heavy atom. The van der Waals surface area contributed by atoms with E-state index in [1.54, 1.807) is 19.2 Å². The summed E-state index contributed by atoms with van der Waals surface area (Å²) in [5.41, 5.74) is 0.655. The van der Waals surface area contributed by atoms with Gasteiger partial charge in [0.1, 0.15) is 18.2 Å². The molecular formula is C19H30FIN6O. The fourth-order valence-corrected chi connectivity index (χ4v) is 2.50. The van der Waals surface area contributed by atoms with Gasteiger partial charge >= 0.3 is 0 Å². The van der Waals surface area contributed by atoms with E-state index < -0.39 is 0 Å². The third-order valence-electron chi connectivity index (χ3n) is 4.46. The Balaban J connectivity index is 0.00000392. The lowest BCUT2D eigenvalue weighted by atomic mass is 9.84. The van der Waals surface area contributed by atoms with Crippen molar-refractivity contribution in [3.8, 4) is 0 Å². The molecule has 0 bridgehead atoms. The van der Waals surface area contributed by atoms with Crippen molar-refractivity contribution in [2.75, 3.05) is 26.8 Å². The molecule has 0 radical (unpaired) electrons. The summed E-state index contributed by atoms with van der Waals surface area (Å²) >= 11 is 0. The molecule has 0 saturated heterocycles. The maximum absolute atomic E-state index is 13.6. The molecule has 0 fully saturated rings. The second-order valence-corrected chi connectivity index (χ2v) is 7.05. The lowest BCUT2D eigenvalue weighted by Crippen LogP contribution is -2.44. The highest BCUT2D eigenvalue weighted by Gasteiger charge is 2.21. The minimum atomic E-state index is -0.271. The molecule has 0 aliphatic rings.